The molecule has 0 aliphatic rings. The fraction of sp³-hybridized carbons (Fsp3) is 0. The molecule has 98 valence electrons. The smallest absolute Gasteiger partial charge is 0.257 e. The number of carbonyl (C=O) groups is 1. The molecular weight excluding hydrogens is 271 g/mol. The van der Waals surface area contributed by atoms with Gasteiger partial charge >= 0.3 is 0 Å². The molecule has 0 spiro atoms. The van der Waals surface area contributed by atoms with E-state index in [1.54, 1.807) is 12.1 Å². The van der Waals surface area contributed by atoms with Crippen LogP contribution in [0.4, 0.5) is 10.1 Å². The molecule has 2 rings (SSSR count). The number of hydrogen-bond acceptors (Lipinski definition) is 3. The third kappa shape index (κ3) is 3.21. The van der Waals surface area contributed by atoms with Gasteiger partial charge in [-0.1, -0.05) is 0 Å². The number of benzene rings is 1. The molecule has 0 fully saturated rings. The maximum Gasteiger partial charge on any atom is 0.257 e. The molecular formula is C12H9FN2O3S. The quantitative estimate of drug-likeness (QED) is 0.843. The molecule has 7 heteroatoms. The fourth-order valence-electron chi connectivity index (χ4n) is 1.44. The summed E-state index contributed by atoms with van der Waals surface area (Å²) in [5.74, 6) is -1.15. The zero-order valence-corrected chi connectivity index (χ0v) is 10.4. The lowest BCUT2D eigenvalue weighted by Crippen LogP contribution is -2.13. The second-order valence-electron chi connectivity index (χ2n) is 3.59. The standard InChI is InChI=1S/C12H9FN2O3S/c13-9-3-4-10(11(6-9)19(17)18)15-12(16)8-2-1-5-14-7-8/h1-7H,(H,15,16)(H,17,18). The van der Waals surface area contributed by atoms with E-state index in [-0.39, 0.29) is 10.6 Å². The van der Waals surface area contributed by atoms with Crippen molar-refractivity contribution in [2.75, 3.05) is 5.32 Å². The second-order valence-corrected chi connectivity index (χ2v) is 4.52. The van der Waals surface area contributed by atoms with Gasteiger partial charge < -0.3 is 9.87 Å². The van der Waals surface area contributed by atoms with E-state index < -0.39 is 22.8 Å². The molecule has 19 heavy (non-hydrogen) atoms. The van der Waals surface area contributed by atoms with Gasteiger partial charge in [-0.25, -0.2) is 8.60 Å². The average Bonchev–Trinajstić information content (AvgIpc) is 2.41. The van der Waals surface area contributed by atoms with Crippen molar-refractivity contribution in [1.29, 1.82) is 0 Å². The third-order valence-electron chi connectivity index (χ3n) is 2.30. The molecule has 0 aliphatic heterocycles. The molecule has 1 unspecified atom stereocenters. The Morgan fingerprint density at radius 2 is 2.16 bits per heavy atom. The Hall–Kier alpha value is -2.12. The largest absolute Gasteiger partial charge is 0.321 e. The molecule has 0 aliphatic carbocycles. The summed E-state index contributed by atoms with van der Waals surface area (Å²) < 4.78 is 33.1. The summed E-state index contributed by atoms with van der Waals surface area (Å²) in [6.45, 7) is 0. The normalized spacial score (nSPS) is 11.9. The van der Waals surface area contributed by atoms with E-state index in [1.807, 2.05) is 0 Å². The molecule has 0 radical (unpaired) electrons. The maximum atomic E-state index is 13.0. The molecule has 0 bridgehead atoms. The number of nitrogens with zero attached hydrogens (tertiary/aromatic N) is 1. The number of nitrogens with one attached hydrogen (secondary N) is 1. The van der Waals surface area contributed by atoms with Crippen LogP contribution in [0.5, 0.6) is 0 Å². The Bertz CT molecular complexity index is 634. The summed E-state index contributed by atoms with van der Waals surface area (Å²) >= 11 is -2.39. The highest BCUT2D eigenvalue weighted by atomic mass is 32.2. The van der Waals surface area contributed by atoms with E-state index in [2.05, 4.69) is 10.3 Å². The first-order valence-corrected chi connectivity index (χ1v) is 6.30. The third-order valence-corrected chi connectivity index (χ3v) is 3.02. The molecule has 1 heterocycles. The Morgan fingerprint density at radius 1 is 1.37 bits per heavy atom. The fourth-order valence-corrected chi connectivity index (χ4v) is 1.96. The monoisotopic (exact) mass is 280 g/mol. The van der Waals surface area contributed by atoms with E-state index in [9.17, 15) is 13.4 Å². The van der Waals surface area contributed by atoms with Gasteiger partial charge in [-0.05, 0) is 30.3 Å². The molecule has 0 saturated carbocycles. The number of anilines is 1. The van der Waals surface area contributed by atoms with Gasteiger partial charge in [0.25, 0.3) is 5.91 Å². The van der Waals surface area contributed by atoms with Crippen LogP contribution in [-0.4, -0.2) is 19.7 Å². The minimum absolute atomic E-state index is 0.0797. The first kappa shape index (κ1) is 13.3. The maximum absolute atomic E-state index is 13.0. The summed E-state index contributed by atoms with van der Waals surface area (Å²) in [6.07, 6.45) is 2.87. The van der Waals surface area contributed by atoms with Crippen LogP contribution in [0.25, 0.3) is 0 Å². The minimum atomic E-state index is -2.39. The molecule has 0 saturated heterocycles. The zero-order valence-electron chi connectivity index (χ0n) is 9.54. The van der Waals surface area contributed by atoms with Crippen LogP contribution in [0.15, 0.2) is 47.6 Å². The number of carbonyl (C=O) groups excluding carboxylic acids is 1. The Morgan fingerprint density at radius 3 is 2.79 bits per heavy atom. The summed E-state index contributed by atoms with van der Waals surface area (Å²) in [7, 11) is 0. The number of hydrogen-bond donors (Lipinski definition) is 2. The van der Waals surface area contributed by atoms with Crippen molar-refractivity contribution in [1.82, 2.24) is 4.98 Å². The van der Waals surface area contributed by atoms with Crippen LogP contribution in [-0.2, 0) is 11.1 Å². The number of amides is 1. The van der Waals surface area contributed by atoms with E-state index in [4.69, 9.17) is 4.55 Å². The lowest BCUT2D eigenvalue weighted by molar-refractivity contribution is 0.102. The predicted octanol–water partition coefficient (Wildman–Crippen LogP) is 2.05. The lowest BCUT2D eigenvalue weighted by Gasteiger charge is -2.08. The van der Waals surface area contributed by atoms with E-state index in [0.717, 1.165) is 12.1 Å². The molecule has 1 aromatic carbocycles. The van der Waals surface area contributed by atoms with Gasteiger partial charge in [0.15, 0.2) is 11.1 Å². The van der Waals surface area contributed by atoms with Gasteiger partial charge in [-0.2, -0.15) is 0 Å². The molecule has 1 amide bonds. The molecule has 5 nitrogen and oxygen atoms in total. The van der Waals surface area contributed by atoms with Crippen molar-refractivity contribution in [2.45, 2.75) is 4.90 Å². The van der Waals surface area contributed by atoms with Gasteiger partial charge in [0.1, 0.15) is 5.82 Å². The van der Waals surface area contributed by atoms with Gasteiger partial charge in [-0.3, -0.25) is 9.78 Å². The average molecular weight is 280 g/mol. The Balaban J connectivity index is 2.29. The number of pyridine rings is 1. The summed E-state index contributed by atoms with van der Waals surface area (Å²) in [5, 5.41) is 2.44. The Labute approximate surface area is 110 Å². The molecule has 1 aromatic heterocycles. The summed E-state index contributed by atoms with van der Waals surface area (Å²) in [5.41, 5.74) is 0.373. The van der Waals surface area contributed by atoms with Crippen molar-refractivity contribution in [3.63, 3.8) is 0 Å². The highest BCUT2D eigenvalue weighted by Crippen LogP contribution is 2.20. The number of halogens is 1. The van der Waals surface area contributed by atoms with Gasteiger partial charge in [0.2, 0.25) is 0 Å². The van der Waals surface area contributed by atoms with Crippen LogP contribution in [0.1, 0.15) is 10.4 Å². The van der Waals surface area contributed by atoms with Crippen LogP contribution < -0.4 is 5.32 Å². The highest BCUT2D eigenvalue weighted by molar-refractivity contribution is 7.79. The molecule has 2 N–H and O–H groups in total. The highest BCUT2D eigenvalue weighted by Gasteiger charge is 2.13. The minimum Gasteiger partial charge on any atom is -0.321 e. The van der Waals surface area contributed by atoms with Crippen molar-refractivity contribution < 1.29 is 17.9 Å². The number of rotatable bonds is 3. The first-order valence-electron chi connectivity index (χ1n) is 5.19. The van der Waals surface area contributed by atoms with Crippen LogP contribution in [0.2, 0.25) is 0 Å². The van der Waals surface area contributed by atoms with Crippen molar-refractivity contribution in [2.24, 2.45) is 0 Å². The van der Waals surface area contributed by atoms with Crippen molar-refractivity contribution in [3.8, 4) is 0 Å². The van der Waals surface area contributed by atoms with E-state index >= 15 is 0 Å². The van der Waals surface area contributed by atoms with Crippen molar-refractivity contribution >= 4 is 22.7 Å². The van der Waals surface area contributed by atoms with Gasteiger partial charge in [0.05, 0.1) is 16.1 Å². The van der Waals surface area contributed by atoms with E-state index in [1.165, 1.54) is 18.5 Å². The number of aromatic nitrogens is 1. The predicted molar refractivity (Wildman–Crippen MR) is 67.6 cm³/mol. The first-order chi connectivity index (χ1) is 9.08. The topological polar surface area (TPSA) is 79.3 Å². The van der Waals surface area contributed by atoms with Crippen LogP contribution in [0.3, 0.4) is 0 Å². The zero-order chi connectivity index (χ0) is 13.8. The summed E-state index contributed by atoms with van der Waals surface area (Å²) in [4.78, 5) is 15.4. The lowest BCUT2D eigenvalue weighted by atomic mass is 10.2. The van der Waals surface area contributed by atoms with E-state index in [0.29, 0.717) is 5.56 Å². The molecule has 2 aromatic rings. The second kappa shape index (κ2) is 5.68. The van der Waals surface area contributed by atoms with Crippen LogP contribution >= 0.6 is 0 Å². The Kier molecular flexibility index (Phi) is 3.98. The van der Waals surface area contributed by atoms with Gasteiger partial charge in [0, 0.05) is 12.4 Å². The summed E-state index contributed by atoms with van der Waals surface area (Å²) in [6, 6.07) is 6.35. The van der Waals surface area contributed by atoms with Gasteiger partial charge in [-0.15, -0.1) is 0 Å². The van der Waals surface area contributed by atoms with Crippen molar-refractivity contribution in [3.05, 3.63) is 54.1 Å². The SMILES string of the molecule is O=C(Nc1ccc(F)cc1S(=O)O)c1cccnc1. The molecule has 1 atom stereocenters. The van der Waals surface area contributed by atoms with Crippen LogP contribution in [0, 0.1) is 5.82 Å².